The van der Waals surface area contributed by atoms with Crippen LogP contribution in [0.4, 0.5) is 4.39 Å². The standard InChI is InChI=1S/C47H53FO13/c1-8-9-10-11-30-12-14-32(15-13-30)35-20-21-36(38(48)22-35)33-16-18-34(19-17-33)37-23-41(61-43(50)29(4)5)40(24-39(37)60-42(49)28(2)3)57-25-31(26-58-46(53)44(51)55-6)27-59-47(54)45(52)56-7/h16-24,30-32H,2,4,8-15,25-27H2,1,3,5-7H3. The lowest BCUT2D eigenvalue weighted by molar-refractivity contribution is -0.170. The zero-order chi connectivity index (χ0) is 44.6. The monoisotopic (exact) mass is 844 g/mol. The third kappa shape index (κ3) is 13.6. The van der Waals surface area contributed by atoms with Crippen LogP contribution in [0.5, 0.6) is 17.2 Å². The summed E-state index contributed by atoms with van der Waals surface area (Å²) in [4.78, 5) is 73.1. The Hall–Kier alpha value is -6.31. The van der Waals surface area contributed by atoms with Gasteiger partial charge in [-0.1, -0.05) is 82.2 Å². The van der Waals surface area contributed by atoms with E-state index in [-0.39, 0.29) is 39.8 Å². The maximum Gasteiger partial charge on any atom is 0.417 e. The first-order valence-corrected chi connectivity index (χ1v) is 20.1. The van der Waals surface area contributed by atoms with Crippen molar-refractivity contribution in [3.8, 4) is 39.5 Å². The molecule has 4 rings (SSSR count). The number of hydrogen-bond donors (Lipinski definition) is 0. The van der Waals surface area contributed by atoms with Crippen LogP contribution in [-0.2, 0) is 47.7 Å². The highest BCUT2D eigenvalue weighted by atomic mass is 19.1. The average molecular weight is 845 g/mol. The quantitative estimate of drug-likeness (QED) is 0.0299. The molecule has 0 bridgehead atoms. The van der Waals surface area contributed by atoms with Gasteiger partial charge in [0.15, 0.2) is 11.5 Å². The molecule has 1 fully saturated rings. The molecule has 14 heteroatoms. The van der Waals surface area contributed by atoms with Gasteiger partial charge in [-0.2, -0.15) is 0 Å². The lowest BCUT2D eigenvalue weighted by Crippen LogP contribution is -2.30. The molecule has 0 aliphatic heterocycles. The van der Waals surface area contributed by atoms with Crippen LogP contribution in [0, 0.1) is 17.7 Å². The molecule has 0 spiro atoms. The van der Waals surface area contributed by atoms with E-state index >= 15 is 4.39 Å². The summed E-state index contributed by atoms with van der Waals surface area (Å²) in [6.45, 7) is 10.8. The molecule has 0 atom stereocenters. The van der Waals surface area contributed by atoms with Crippen molar-refractivity contribution in [2.24, 2.45) is 11.8 Å². The highest BCUT2D eigenvalue weighted by Gasteiger charge is 2.26. The van der Waals surface area contributed by atoms with Gasteiger partial charge in [-0.15, -0.1) is 0 Å². The SMILES string of the molecule is C=C(C)C(=O)Oc1cc(-c2ccc(-c3ccc(C4CCC(CCCCC)CC4)cc3F)cc2)c(OC(=O)C(=C)C)cc1OCC(COC(=O)C(=O)OC)COC(=O)C(=O)OC. The van der Waals surface area contributed by atoms with E-state index in [1.165, 1.54) is 51.7 Å². The minimum Gasteiger partial charge on any atom is -0.489 e. The number of carbonyl (C=O) groups excluding carboxylic acids is 6. The van der Waals surface area contributed by atoms with Gasteiger partial charge in [0, 0.05) is 28.3 Å². The summed E-state index contributed by atoms with van der Waals surface area (Å²) in [6, 6.07) is 14.9. The van der Waals surface area contributed by atoms with Gasteiger partial charge in [-0.3, -0.25) is 0 Å². The van der Waals surface area contributed by atoms with Gasteiger partial charge in [0.25, 0.3) is 0 Å². The van der Waals surface area contributed by atoms with E-state index in [0.29, 0.717) is 22.6 Å². The van der Waals surface area contributed by atoms with Crippen molar-refractivity contribution < 1.29 is 66.3 Å². The number of halogens is 1. The second-order valence-electron chi connectivity index (χ2n) is 15.0. The molecule has 0 saturated heterocycles. The van der Waals surface area contributed by atoms with Gasteiger partial charge in [-0.05, 0) is 80.2 Å². The van der Waals surface area contributed by atoms with Crippen LogP contribution in [0.2, 0.25) is 0 Å². The Kier molecular flexibility index (Phi) is 17.8. The maximum atomic E-state index is 15.7. The van der Waals surface area contributed by atoms with Crippen LogP contribution < -0.4 is 14.2 Å². The van der Waals surface area contributed by atoms with Gasteiger partial charge in [0.05, 0.1) is 26.7 Å². The predicted molar refractivity (Wildman–Crippen MR) is 222 cm³/mol. The van der Waals surface area contributed by atoms with E-state index in [0.717, 1.165) is 51.4 Å². The first kappa shape index (κ1) is 47.4. The first-order chi connectivity index (χ1) is 29.1. The topological polar surface area (TPSA) is 167 Å². The fourth-order valence-corrected chi connectivity index (χ4v) is 6.76. The molecule has 61 heavy (non-hydrogen) atoms. The van der Waals surface area contributed by atoms with Crippen molar-refractivity contribution in [2.75, 3.05) is 34.0 Å². The first-order valence-electron chi connectivity index (χ1n) is 20.1. The number of ether oxygens (including phenoxy) is 7. The molecular weight excluding hydrogens is 792 g/mol. The van der Waals surface area contributed by atoms with Crippen LogP contribution in [0.15, 0.2) is 78.9 Å². The molecule has 0 amide bonds. The van der Waals surface area contributed by atoms with E-state index in [9.17, 15) is 28.8 Å². The Morgan fingerprint density at radius 2 is 1.18 bits per heavy atom. The molecule has 0 radical (unpaired) electrons. The molecule has 0 unspecified atom stereocenters. The summed E-state index contributed by atoms with van der Waals surface area (Å²) in [7, 11) is 1.95. The largest absolute Gasteiger partial charge is 0.489 e. The van der Waals surface area contributed by atoms with Gasteiger partial charge >= 0.3 is 35.8 Å². The Balaban J connectivity index is 1.65. The van der Waals surface area contributed by atoms with Crippen molar-refractivity contribution in [3.05, 3.63) is 90.3 Å². The third-order valence-corrected chi connectivity index (χ3v) is 10.3. The molecule has 0 aromatic heterocycles. The average Bonchev–Trinajstić information content (AvgIpc) is 3.26. The van der Waals surface area contributed by atoms with Crippen molar-refractivity contribution in [1.82, 2.24) is 0 Å². The van der Waals surface area contributed by atoms with Gasteiger partial charge in [0.2, 0.25) is 0 Å². The number of methoxy groups -OCH3 is 2. The molecule has 326 valence electrons. The predicted octanol–water partition coefficient (Wildman–Crippen LogP) is 8.40. The van der Waals surface area contributed by atoms with E-state index in [1.54, 1.807) is 36.4 Å². The lowest BCUT2D eigenvalue weighted by atomic mass is 9.77. The number of hydrogen-bond acceptors (Lipinski definition) is 13. The highest BCUT2D eigenvalue weighted by Crippen LogP contribution is 2.43. The molecule has 13 nitrogen and oxygen atoms in total. The summed E-state index contributed by atoms with van der Waals surface area (Å²) >= 11 is 0. The number of carbonyl (C=O) groups is 6. The molecule has 1 aliphatic rings. The molecule has 0 heterocycles. The Bertz CT molecular complexity index is 2070. The smallest absolute Gasteiger partial charge is 0.417 e. The van der Waals surface area contributed by atoms with Crippen molar-refractivity contribution in [3.63, 3.8) is 0 Å². The van der Waals surface area contributed by atoms with E-state index in [2.05, 4.69) is 29.6 Å². The minimum atomic E-state index is -1.35. The molecule has 3 aromatic carbocycles. The third-order valence-electron chi connectivity index (χ3n) is 10.3. The van der Waals surface area contributed by atoms with Crippen LogP contribution in [0.25, 0.3) is 22.3 Å². The summed E-state index contributed by atoms with van der Waals surface area (Å²) in [5.74, 6) is -7.55. The van der Waals surface area contributed by atoms with E-state index < -0.39 is 61.6 Å². The number of esters is 6. The highest BCUT2D eigenvalue weighted by molar-refractivity contribution is 6.30. The molecule has 1 aliphatic carbocycles. The van der Waals surface area contributed by atoms with Crippen molar-refractivity contribution in [2.45, 2.75) is 78.1 Å². The normalized spacial score (nSPS) is 14.6. The van der Waals surface area contributed by atoms with Gasteiger partial charge in [-0.25, -0.2) is 33.2 Å². The van der Waals surface area contributed by atoms with Gasteiger partial charge < -0.3 is 33.2 Å². The zero-order valence-corrected chi connectivity index (χ0v) is 35.3. The zero-order valence-electron chi connectivity index (χ0n) is 35.3. The van der Waals surface area contributed by atoms with Crippen LogP contribution >= 0.6 is 0 Å². The van der Waals surface area contributed by atoms with Crippen molar-refractivity contribution >= 4 is 35.8 Å². The lowest BCUT2D eigenvalue weighted by Gasteiger charge is -2.29. The summed E-state index contributed by atoms with van der Waals surface area (Å²) in [5, 5.41) is 0. The Morgan fingerprint density at radius 3 is 1.69 bits per heavy atom. The molecular formula is C47H53FO13. The number of rotatable bonds is 18. The summed E-state index contributed by atoms with van der Waals surface area (Å²) in [5.41, 5.74) is 2.90. The number of unbranched alkanes of at least 4 members (excludes halogenated alkanes) is 2. The maximum absolute atomic E-state index is 15.7. The Labute approximate surface area is 355 Å². The second kappa shape index (κ2) is 22.9. The summed E-state index contributed by atoms with van der Waals surface area (Å²) < 4.78 is 51.7. The van der Waals surface area contributed by atoms with Crippen LogP contribution in [-0.4, -0.2) is 69.9 Å². The molecule has 3 aromatic rings. The Morgan fingerprint density at radius 1 is 0.639 bits per heavy atom. The van der Waals surface area contributed by atoms with Crippen molar-refractivity contribution in [1.29, 1.82) is 0 Å². The van der Waals surface area contributed by atoms with Gasteiger partial charge in [0.1, 0.15) is 24.8 Å². The van der Waals surface area contributed by atoms with E-state index in [1.807, 2.05) is 6.07 Å². The molecule has 0 N–H and O–H groups in total. The van der Waals surface area contributed by atoms with Crippen LogP contribution in [0.3, 0.4) is 0 Å². The fourth-order valence-electron chi connectivity index (χ4n) is 6.76. The summed E-state index contributed by atoms with van der Waals surface area (Å²) in [6.07, 6.45) is 9.44. The fraction of sp³-hybridized carbons (Fsp3) is 0.404. The van der Waals surface area contributed by atoms with Crippen LogP contribution in [0.1, 0.15) is 83.6 Å². The van der Waals surface area contributed by atoms with E-state index in [4.69, 9.17) is 23.7 Å². The second-order valence-corrected chi connectivity index (χ2v) is 15.0. The molecule has 1 saturated carbocycles. The number of benzene rings is 3. The minimum absolute atomic E-state index is 0.0418.